The second-order valence-electron chi connectivity index (χ2n) is 6.26. The zero-order valence-corrected chi connectivity index (χ0v) is 12.0. The third-order valence-corrected chi connectivity index (χ3v) is 5.66. The third kappa shape index (κ3) is 2.41. The number of fused-ring (bicyclic) bond motifs is 1. The minimum absolute atomic E-state index is 0.510. The average Bonchev–Trinajstić information content (AvgIpc) is 3.11. The van der Waals surface area contributed by atoms with E-state index in [1.165, 1.54) is 60.3 Å². The number of nitrogens with one attached hydrogen (secondary N) is 1. The number of para-hydroxylation sites is 1. The van der Waals surface area contributed by atoms with Gasteiger partial charge in [-0.25, -0.2) is 4.98 Å². The zero-order valence-electron chi connectivity index (χ0n) is 11.2. The van der Waals surface area contributed by atoms with Gasteiger partial charge >= 0.3 is 0 Å². The molecule has 0 amide bonds. The van der Waals surface area contributed by atoms with E-state index in [1.54, 1.807) is 0 Å². The highest BCUT2D eigenvalue weighted by molar-refractivity contribution is 7.18. The normalized spacial score (nSPS) is 21.5. The molecule has 19 heavy (non-hydrogen) atoms. The maximum absolute atomic E-state index is 4.81. The van der Waals surface area contributed by atoms with E-state index in [0.29, 0.717) is 5.41 Å². The fourth-order valence-electron chi connectivity index (χ4n) is 3.06. The van der Waals surface area contributed by atoms with Gasteiger partial charge in [0.2, 0.25) is 0 Å². The summed E-state index contributed by atoms with van der Waals surface area (Å²) < 4.78 is 1.34. The minimum Gasteiger partial charge on any atom is -0.313 e. The molecule has 0 unspecified atom stereocenters. The molecule has 2 fully saturated rings. The Kier molecular flexibility index (Phi) is 2.85. The van der Waals surface area contributed by atoms with Crippen molar-refractivity contribution < 1.29 is 0 Å². The quantitative estimate of drug-likeness (QED) is 0.896. The summed E-state index contributed by atoms with van der Waals surface area (Å²) in [5.41, 5.74) is 1.68. The molecule has 0 atom stereocenters. The van der Waals surface area contributed by atoms with E-state index in [4.69, 9.17) is 4.98 Å². The second kappa shape index (κ2) is 4.57. The van der Waals surface area contributed by atoms with Gasteiger partial charge in [-0.3, -0.25) is 0 Å². The molecule has 0 saturated heterocycles. The first-order chi connectivity index (χ1) is 9.33. The van der Waals surface area contributed by atoms with Gasteiger partial charge in [-0.15, -0.1) is 11.3 Å². The molecular weight excluding hydrogens is 252 g/mol. The van der Waals surface area contributed by atoms with Crippen LogP contribution in [0.4, 0.5) is 0 Å². The van der Waals surface area contributed by atoms with Crippen LogP contribution in [0.15, 0.2) is 24.3 Å². The van der Waals surface area contributed by atoms with Crippen LogP contribution in [0.1, 0.15) is 37.1 Å². The fraction of sp³-hybridized carbons (Fsp3) is 0.562. The van der Waals surface area contributed by atoms with Gasteiger partial charge in [-0.1, -0.05) is 18.6 Å². The van der Waals surface area contributed by atoms with Crippen molar-refractivity contribution in [3.63, 3.8) is 0 Å². The Hall–Kier alpha value is -0.930. The lowest BCUT2D eigenvalue weighted by Crippen LogP contribution is -2.42. The average molecular weight is 272 g/mol. The van der Waals surface area contributed by atoms with Crippen LogP contribution in [-0.2, 0) is 6.42 Å². The maximum Gasteiger partial charge on any atom is 0.0944 e. The number of benzene rings is 1. The van der Waals surface area contributed by atoms with E-state index in [0.717, 1.165) is 6.04 Å². The van der Waals surface area contributed by atoms with Crippen LogP contribution in [0.25, 0.3) is 10.2 Å². The zero-order chi connectivity index (χ0) is 12.7. The van der Waals surface area contributed by atoms with Crippen LogP contribution < -0.4 is 5.32 Å². The van der Waals surface area contributed by atoms with E-state index < -0.39 is 0 Å². The first kappa shape index (κ1) is 11.9. The molecule has 0 bridgehead atoms. The molecule has 0 aliphatic heterocycles. The van der Waals surface area contributed by atoms with E-state index in [1.807, 2.05) is 11.3 Å². The van der Waals surface area contributed by atoms with Crippen molar-refractivity contribution in [1.82, 2.24) is 10.3 Å². The first-order valence-electron chi connectivity index (χ1n) is 7.41. The summed E-state index contributed by atoms with van der Waals surface area (Å²) in [7, 11) is 0. The molecule has 1 heterocycles. The Morgan fingerprint density at radius 1 is 1.26 bits per heavy atom. The Bertz CT molecular complexity index is 548. The summed E-state index contributed by atoms with van der Waals surface area (Å²) in [6.07, 6.45) is 8.10. The predicted octanol–water partition coefficient (Wildman–Crippen LogP) is 3.76. The Labute approximate surface area is 118 Å². The van der Waals surface area contributed by atoms with Crippen LogP contribution in [0.2, 0.25) is 0 Å². The molecular formula is C16H20N2S. The molecule has 4 rings (SSSR count). The molecule has 2 aromatic rings. The van der Waals surface area contributed by atoms with Crippen molar-refractivity contribution in [3.8, 4) is 0 Å². The van der Waals surface area contributed by atoms with Crippen molar-refractivity contribution >= 4 is 21.6 Å². The van der Waals surface area contributed by atoms with Crippen LogP contribution in [0.5, 0.6) is 0 Å². The monoisotopic (exact) mass is 272 g/mol. The Morgan fingerprint density at radius 2 is 2.11 bits per heavy atom. The van der Waals surface area contributed by atoms with Crippen molar-refractivity contribution in [3.05, 3.63) is 29.3 Å². The number of hydrogen-bond acceptors (Lipinski definition) is 3. The van der Waals surface area contributed by atoms with E-state index in [9.17, 15) is 0 Å². The first-order valence-corrected chi connectivity index (χ1v) is 8.23. The molecule has 2 aliphatic carbocycles. The van der Waals surface area contributed by atoms with Gasteiger partial charge in [-0.2, -0.15) is 0 Å². The third-order valence-electron chi connectivity index (χ3n) is 4.62. The van der Waals surface area contributed by atoms with E-state index in [2.05, 4.69) is 29.6 Å². The van der Waals surface area contributed by atoms with Gasteiger partial charge in [0.1, 0.15) is 0 Å². The Morgan fingerprint density at radius 3 is 2.79 bits per heavy atom. The SMILES string of the molecule is c1ccc2sc(CC3(CNC4CC4)CCC3)nc2c1. The maximum atomic E-state index is 4.81. The fourth-order valence-corrected chi connectivity index (χ4v) is 4.20. The van der Waals surface area contributed by atoms with Crippen LogP contribution in [0, 0.1) is 5.41 Å². The topological polar surface area (TPSA) is 24.9 Å². The molecule has 3 heteroatoms. The highest BCUT2D eigenvalue weighted by Gasteiger charge is 2.39. The van der Waals surface area contributed by atoms with Crippen molar-refractivity contribution in [2.45, 2.75) is 44.6 Å². The number of rotatable bonds is 5. The van der Waals surface area contributed by atoms with Gasteiger partial charge in [-0.05, 0) is 43.2 Å². The molecule has 1 aromatic heterocycles. The molecule has 0 radical (unpaired) electrons. The lowest BCUT2D eigenvalue weighted by molar-refractivity contribution is 0.129. The standard InChI is InChI=1S/C16H20N2S/c1-2-5-14-13(4-1)18-15(19-14)10-16(8-3-9-16)11-17-12-6-7-12/h1-2,4-5,12,17H,3,6-11H2. The minimum atomic E-state index is 0.510. The summed E-state index contributed by atoms with van der Waals surface area (Å²) in [4.78, 5) is 4.81. The van der Waals surface area contributed by atoms with Crippen LogP contribution in [-0.4, -0.2) is 17.6 Å². The highest BCUT2D eigenvalue weighted by Crippen LogP contribution is 2.44. The number of aromatic nitrogens is 1. The van der Waals surface area contributed by atoms with E-state index >= 15 is 0 Å². The lowest BCUT2D eigenvalue weighted by atomic mass is 9.66. The summed E-state index contributed by atoms with van der Waals surface area (Å²) in [6.45, 7) is 1.20. The molecule has 0 spiro atoms. The van der Waals surface area contributed by atoms with Crippen molar-refractivity contribution in [1.29, 1.82) is 0 Å². The van der Waals surface area contributed by atoms with Crippen molar-refractivity contribution in [2.24, 2.45) is 5.41 Å². The number of thiazole rings is 1. The highest BCUT2D eigenvalue weighted by atomic mass is 32.1. The lowest BCUT2D eigenvalue weighted by Gasteiger charge is -2.42. The van der Waals surface area contributed by atoms with E-state index in [-0.39, 0.29) is 0 Å². The molecule has 100 valence electrons. The molecule has 2 aliphatic rings. The number of nitrogens with zero attached hydrogens (tertiary/aromatic N) is 1. The predicted molar refractivity (Wildman–Crippen MR) is 80.6 cm³/mol. The largest absolute Gasteiger partial charge is 0.313 e. The van der Waals surface area contributed by atoms with Crippen LogP contribution in [0.3, 0.4) is 0 Å². The van der Waals surface area contributed by atoms with Crippen molar-refractivity contribution in [2.75, 3.05) is 6.54 Å². The molecule has 2 nitrogen and oxygen atoms in total. The van der Waals surface area contributed by atoms with Gasteiger partial charge in [0, 0.05) is 19.0 Å². The summed E-state index contributed by atoms with van der Waals surface area (Å²) >= 11 is 1.88. The van der Waals surface area contributed by atoms with Gasteiger partial charge in [0.25, 0.3) is 0 Å². The number of hydrogen-bond donors (Lipinski definition) is 1. The van der Waals surface area contributed by atoms with Gasteiger partial charge in [0.15, 0.2) is 0 Å². The summed E-state index contributed by atoms with van der Waals surface area (Å²) in [6, 6.07) is 9.34. The molecule has 1 N–H and O–H groups in total. The van der Waals surface area contributed by atoms with Gasteiger partial charge < -0.3 is 5.32 Å². The van der Waals surface area contributed by atoms with Gasteiger partial charge in [0.05, 0.1) is 15.2 Å². The molecule has 2 saturated carbocycles. The molecule has 1 aromatic carbocycles. The second-order valence-corrected chi connectivity index (χ2v) is 7.38. The van der Waals surface area contributed by atoms with Crippen LogP contribution >= 0.6 is 11.3 Å². The summed E-state index contributed by atoms with van der Waals surface area (Å²) in [5, 5.41) is 5.06. The Balaban J connectivity index is 1.51. The summed E-state index contributed by atoms with van der Waals surface area (Å²) in [5.74, 6) is 0. The smallest absolute Gasteiger partial charge is 0.0944 e.